The Balaban J connectivity index is 0.00000675. The van der Waals surface area contributed by atoms with Crippen LogP contribution in [-0.2, 0) is 25.0 Å². The van der Waals surface area contributed by atoms with Crippen LogP contribution >= 0.6 is 12.4 Å². The number of aliphatic carboxylic acids is 1. The van der Waals surface area contributed by atoms with E-state index in [4.69, 9.17) is 16.2 Å². The van der Waals surface area contributed by atoms with Crippen molar-refractivity contribution < 1.29 is 23.1 Å². The van der Waals surface area contributed by atoms with Crippen molar-refractivity contribution in [3.8, 4) is 0 Å². The van der Waals surface area contributed by atoms with Gasteiger partial charge in [-0.15, -0.1) is 12.4 Å². The van der Waals surface area contributed by atoms with E-state index in [0.29, 0.717) is 45.6 Å². The lowest BCUT2D eigenvalue weighted by molar-refractivity contribution is -0.137. The van der Waals surface area contributed by atoms with Crippen LogP contribution in [0, 0.1) is 5.41 Å². The molecule has 0 bridgehead atoms. The number of carboxylic acid groups (broad SMARTS) is 1. The number of unbranched alkanes of at least 4 members (excludes halogenated alkanes) is 2. The summed E-state index contributed by atoms with van der Waals surface area (Å²) in [5, 5.41) is 18.9. The number of carboxylic acids is 1. The Hall–Kier alpha value is -3.19. The van der Waals surface area contributed by atoms with Crippen molar-refractivity contribution in [1.29, 1.82) is 5.41 Å². The zero-order chi connectivity index (χ0) is 31.5. The molecule has 11 nitrogen and oxygen atoms in total. The Morgan fingerprint density at radius 3 is 2.27 bits per heavy atom. The molecule has 13 heteroatoms. The van der Waals surface area contributed by atoms with Crippen molar-refractivity contribution in [3.05, 3.63) is 65.7 Å². The van der Waals surface area contributed by atoms with Gasteiger partial charge in [0.15, 0.2) is 5.96 Å². The van der Waals surface area contributed by atoms with Gasteiger partial charge in [-0.05, 0) is 55.5 Å². The number of halogens is 1. The molecule has 1 amide bonds. The lowest BCUT2D eigenvalue weighted by Gasteiger charge is -2.36. The first-order valence-electron chi connectivity index (χ1n) is 14.9. The molecule has 1 heterocycles. The highest BCUT2D eigenvalue weighted by Gasteiger charge is 2.32. The Kier molecular flexibility index (Phi) is 14.6. The third kappa shape index (κ3) is 11.1. The molecule has 0 spiro atoms. The molecular weight excluding hydrogens is 604 g/mol. The van der Waals surface area contributed by atoms with Crippen LogP contribution in [0.5, 0.6) is 0 Å². The van der Waals surface area contributed by atoms with Crippen molar-refractivity contribution in [2.75, 3.05) is 39.3 Å². The molecule has 1 saturated heterocycles. The van der Waals surface area contributed by atoms with Gasteiger partial charge in [0.05, 0.1) is 4.90 Å². The monoisotopic (exact) mass is 650 g/mol. The fraction of sp³-hybridized carbons (Fsp3) is 0.516. The molecule has 1 fully saturated rings. The molecule has 1 aliphatic heterocycles. The summed E-state index contributed by atoms with van der Waals surface area (Å²) >= 11 is 0. The molecule has 1 aliphatic rings. The van der Waals surface area contributed by atoms with E-state index in [1.165, 1.54) is 0 Å². The Morgan fingerprint density at radius 2 is 1.64 bits per heavy atom. The number of carbonyl (C=O) groups excluding carboxylic acids is 1. The van der Waals surface area contributed by atoms with Gasteiger partial charge in [-0.1, -0.05) is 62.7 Å². The molecule has 6 N–H and O–H groups in total. The number of nitrogens with two attached hydrogens (primary N) is 1. The second kappa shape index (κ2) is 17.3. The van der Waals surface area contributed by atoms with E-state index in [1.807, 2.05) is 50.2 Å². The van der Waals surface area contributed by atoms with E-state index >= 15 is 0 Å². The molecule has 0 unspecified atom stereocenters. The minimum absolute atomic E-state index is 0. The maximum Gasteiger partial charge on any atom is 0.303 e. The lowest BCUT2D eigenvalue weighted by Crippen LogP contribution is -2.55. The van der Waals surface area contributed by atoms with Crippen molar-refractivity contribution in [1.82, 2.24) is 19.8 Å². The molecular formula is C31H47ClN6O5S. The minimum Gasteiger partial charge on any atom is -0.481 e. The highest BCUT2D eigenvalue weighted by Crippen LogP contribution is 2.32. The van der Waals surface area contributed by atoms with E-state index < -0.39 is 27.4 Å². The zero-order valence-corrected chi connectivity index (χ0v) is 27.3. The average Bonchev–Trinajstić information content (AvgIpc) is 2.98. The molecule has 2 aromatic rings. The number of amides is 1. The second-order valence-corrected chi connectivity index (χ2v) is 13.3. The van der Waals surface area contributed by atoms with Crippen molar-refractivity contribution in [2.45, 2.75) is 68.7 Å². The third-order valence-corrected chi connectivity index (χ3v) is 9.46. The van der Waals surface area contributed by atoms with Crippen LogP contribution in [-0.4, -0.2) is 86.5 Å². The normalized spacial score (nSPS) is 14.8. The number of piperazine rings is 1. The number of rotatable bonds is 16. The Labute approximate surface area is 267 Å². The first-order chi connectivity index (χ1) is 20.4. The highest BCUT2D eigenvalue weighted by molar-refractivity contribution is 7.89. The first-order valence-corrected chi connectivity index (χ1v) is 16.4. The summed E-state index contributed by atoms with van der Waals surface area (Å²) in [6.07, 6.45) is 3.25. The minimum atomic E-state index is -4.03. The van der Waals surface area contributed by atoms with Gasteiger partial charge in [-0.3, -0.25) is 19.9 Å². The number of sulfonamides is 1. The maximum absolute atomic E-state index is 13.7. The van der Waals surface area contributed by atoms with Crippen LogP contribution in [0.1, 0.15) is 63.5 Å². The van der Waals surface area contributed by atoms with Gasteiger partial charge in [0.1, 0.15) is 6.04 Å². The van der Waals surface area contributed by atoms with Crippen molar-refractivity contribution >= 4 is 40.3 Å². The van der Waals surface area contributed by atoms with Crippen molar-refractivity contribution in [2.24, 2.45) is 5.73 Å². The van der Waals surface area contributed by atoms with Crippen LogP contribution in [0.25, 0.3) is 0 Å². The summed E-state index contributed by atoms with van der Waals surface area (Å²) in [5.74, 6) is -1.23. The summed E-state index contributed by atoms with van der Waals surface area (Å²) in [5.41, 5.74) is 6.85. The summed E-state index contributed by atoms with van der Waals surface area (Å²) in [6, 6.07) is 15.8. The predicted octanol–water partition coefficient (Wildman–Crippen LogP) is 3.13. The van der Waals surface area contributed by atoms with Gasteiger partial charge in [0.2, 0.25) is 15.9 Å². The van der Waals surface area contributed by atoms with Crippen LogP contribution < -0.4 is 15.8 Å². The molecule has 44 heavy (non-hydrogen) atoms. The SMILES string of the molecule is CC(C)(c1ccccc1)c1cccc(S(=O)(=O)N[C@@H](CCCNC(=N)N)C(=O)N2CCN(CCCCCC(=O)O)CC2)c1.Cl. The Bertz CT molecular complexity index is 1330. The average molecular weight is 651 g/mol. The fourth-order valence-corrected chi connectivity index (χ4v) is 6.56. The van der Waals surface area contributed by atoms with Crippen LogP contribution in [0.15, 0.2) is 59.5 Å². The van der Waals surface area contributed by atoms with E-state index in [0.717, 1.165) is 30.5 Å². The van der Waals surface area contributed by atoms with Crippen molar-refractivity contribution in [3.63, 3.8) is 0 Å². The highest BCUT2D eigenvalue weighted by atomic mass is 35.5. The van der Waals surface area contributed by atoms with Crippen LogP contribution in [0.3, 0.4) is 0 Å². The van der Waals surface area contributed by atoms with Gasteiger partial charge in [-0.25, -0.2) is 8.42 Å². The van der Waals surface area contributed by atoms with Crippen LogP contribution in [0.4, 0.5) is 0 Å². The maximum atomic E-state index is 13.7. The first kappa shape index (κ1) is 37.0. The summed E-state index contributed by atoms with van der Waals surface area (Å²) in [7, 11) is -4.03. The summed E-state index contributed by atoms with van der Waals surface area (Å²) in [6.45, 7) is 7.59. The zero-order valence-electron chi connectivity index (χ0n) is 25.6. The quantitative estimate of drug-likeness (QED) is 0.105. The molecule has 2 aromatic carbocycles. The number of hydrogen-bond acceptors (Lipinski definition) is 6. The number of hydrogen-bond donors (Lipinski definition) is 5. The number of nitrogens with one attached hydrogen (secondary N) is 3. The number of guanidine groups is 1. The molecule has 0 aromatic heterocycles. The predicted molar refractivity (Wildman–Crippen MR) is 175 cm³/mol. The van der Waals surface area contributed by atoms with Gasteiger partial charge in [0, 0.05) is 44.6 Å². The third-order valence-electron chi connectivity index (χ3n) is 7.99. The molecule has 0 saturated carbocycles. The lowest BCUT2D eigenvalue weighted by atomic mass is 9.78. The fourth-order valence-electron chi connectivity index (χ4n) is 5.29. The number of nitrogens with zero attached hydrogens (tertiary/aromatic N) is 2. The molecule has 244 valence electrons. The molecule has 3 rings (SSSR count). The van der Waals surface area contributed by atoms with E-state index in [-0.39, 0.29) is 42.0 Å². The summed E-state index contributed by atoms with van der Waals surface area (Å²) < 4.78 is 30.0. The van der Waals surface area contributed by atoms with Gasteiger partial charge in [0.25, 0.3) is 0 Å². The topological polar surface area (TPSA) is 169 Å². The number of carbonyl (C=O) groups is 2. The van der Waals surface area contributed by atoms with E-state index in [9.17, 15) is 18.0 Å². The largest absolute Gasteiger partial charge is 0.481 e. The van der Waals surface area contributed by atoms with Gasteiger partial charge < -0.3 is 21.1 Å². The van der Waals surface area contributed by atoms with Gasteiger partial charge in [-0.2, -0.15) is 4.72 Å². The number of benzene rings is 2. The van der Waals surface area contributed by atoms with Gasteiger partial charge >= 0.3 is 5.97 Å². The molecule has 0 radical (unpaired) electrons. The molecule has 1 atom stereocenters. The smallest absolute Gasteiger partial charge is 0.303 e. The van der Waals surface area contributed by atoms with E-state index in [2.05, 4.69) is 14.9 Å². The van der Waals surface area contributed by atoms with Crippen LogP contribution in [0.2, 0.25) is 0 Å². The summed E-state index contributed by atoms with van der Waals surface area (Å²) in [4.78, 5) is 28.4. The Morgan fingerprint density at radius 1 is 0.977 bits per heavy atom. The van der Waals surface area contributed by atoms with E-state index in [1.54, 1.807) is 23.1 Å². The second-order valence-electron chi connectivity index (χ2n) is 11.5. The molecule has 0 aliphatic carbocycles. The standard InChI is InChI=1S/C31H46N6O5S.ClH/c1-31(2,24-11-5-3-6-12-24)25-13-9-14-26(23-25)43(41,42)35-27(15-10-17-34-30(32)33)29(40)37-21-19-36(20-22-37)18-8-4-7-16-28(38)39;/h3,5-6,9,11-14,23,27,35H,4,7-8,10,15-22H2,1-2H3,(H,38,39)(H4,32,33,34);1H/t27-;/m0./s1.